The number of nitrogens with zero attached hydrogens (tertiary/aromatic N) is 1. The van der Waals surface area contributed by atoms with Crippen LogP contribution in [0.5, 0.6) is 0 Å². The van der Waals surface area contributed by atoms with Gasteiger partial charge in [-0.25, -0.2) is 0 Å². The highest BCUT2D eigenvalue weighted by molar-refractivity contribution is 6.30. The fraction of sp³-hybridized carbons (Fsp3) is 0.500. The summed E-state index contributed by atoms with van der Waals surface area (Å²) < 4.78 is 0. The molecule has 0 fully saturated rings. The van der Waals surface area contributed by atoms with Gasteiger partial charge in [0.05, 0.1) is 11.5 Å². The van der Waals surface area contributed by atoms with E-state index in [-0.39, 0.29) is 5.41 Å². The van der Waals surface area contributed by atoms with Crippen molar-refractivity contribution in [2.24, 2.45) is 5.41 Å². The maximum atomic E-state index is 8.87. The largest absolute Gasteiger partial charge is 0.313 e. The summed E-state index contributed by atoms with van der Waals surface area (Å²) in [6, 6.07) is 10.2. The van der Waals surface area contributed by atoms with E-state index < -0.39 is 0 Å². The summed E-state index contributed by atoms with van der Waals surface area (Å²) in [5, 5.41) is 13.0. The Morgan fingerprint density at radius 2 is 1.94 bits per heavy atom. The van der Waals surface area contributed by atoms with E-state index >= 15 is 0 Å². The Hall–Kier alpha value is -1.04. The standard InChI is InChI=1S/C14H19ClN2/c1-14(2,11-16)8-3-9-17-10-12-4-6-13(15)7-5-12/h4-7,17H,3,8-10H2,1-2H3. The first-order valence-electron chi connectivity index (χ1n) is 5.90. The Balaban J connectivity index is 2.17. The number of hydrogen-bond donors (Lipinski definition) is 1. The summed E-state index contributed by atoms with van der Waals surface area (Å²) in [4.78, 5) is 0. The normalized spacial score (nSPS) is 11.2. The van der Waals surface area contributed by atoms with Crippen LogP contribution in [0.2, 0.25) is 5.02 Å². The Bertz CT molecular complexity index is 376. The van der Waals surface area contributed by atoms with Crippen molar-refractivity contribution >= 4 is 11.6 Å². The first-order valence-corrected chi connectivity index (χ1v) is 6.28. The molecular formula is C14H19ClN2. The molecule has 92 valence electrons. The number of nitriles is 1. The van der Waals surface area contributed by atoms with Crippen molar-refractivity contribution in [2.45, 2.75) is 33.2 Å². The van der Waals surface area contributed by atoms with Crippen molar-refractivity contribution in [2.75, 3.05) is 6.54 Å². The monoisotopic (exact) mass is 250 g/mol. The summed E-state index contributed by atoms with van der Waals surface area (Å²) >= 11 is 5.81. The second-order valence-corrected chi connectivity index (χ2v) is 5.34. The molecule has 0 aliphatic carbocycles. The van der Waals surface area contributed by atoms with Gasteiger partial charge in [0.2, 0.25) is 0 Å². The van der Waals surface area contributed by atoms with Crippen LogP contribution in [0, 0.1) is 16.7 Å². The minimum Gasteiger partial charge on any atom is -0.313 e. The predicted octanol–water partition coefficient (Wildman–Crippen LogP) is 3.76. The molecule has 1 aromatic carbocycles. The molecule has 2 nitrogen and oxygen atoms in total. The van der Waals surface area contributed by atoms with Crippen LogP contribution in [0.1, 0.15) is 32.3 Å². The number of benzene rings is 1. The Labute approximate surface area is 109 Å². The Morgan fingerprint density at radius 1 is 1.29 bits per heavy atom. The van der Waals surface area contributed by atoms with E-state index in [4.69, 9.17) is 16.9 Å². The van der Waals surface area contributed by atoms with Gasteiger partial charge in [-0.15, -0.1) is 0 Å². The van der Waals surface area contributed by atoms with Crippen molar-refractivity contribution in [1.29, 1.82) is 5.26 Å². The third-order valence-corrected chi connectivity index (χ3v) is 2.95. The van der Waals surface area contributed by atoms with Crippen LogP contribution in [0.3, 0.4) is 0 Å². The van der Waals surface area contributed by atoms with E-state index in [1.807, 2.05) is 38.1 Å². The molecule has 0 saturated heterocycles. The molecule has 0 aliphatic heterocycles. The van der Waals surface area contributed by atoms with Crippen molar-refractivity contribution in [3.63, 3.8) is 0 Å². The Kier molecular flexibility index (Phi) is 5.47. The Morgan fingerprint density at radius 3 is 2.53 bits per heavy atom. The molecule has 0 saturated carbocycles. The summed E-state index contributed by atoms with van der Waals surface area (Å²) in [5.41, 5.74) is 1.02. The van der Waals surface area contributed by atoms with Gasteiger partial charge in [-0.05, 0) is 50.9 Å². The lowest BCUT2D eigenvalue weighted by atomic mass is 9.90. The third-order valence-electron chi connectivity index (χ3n) is 2.70. The van der Waals surface area contributed by atoms with Gasteiger partial charge in [-0.1, -0.05) is 23.7 Å². The quantitative estimate of drug-likeness (QED) is 0.781. The zero-order chi connectivity index (χ0) is 12.7. The van der Waals surface area contributed by atoms with Crippen molar-refractivity contribution in [3.05, 3.63) is 34.9 Å². The molecule has 3 heteroatoms. The molecule has 0 aromatic heterocycles. The molecular weight excluding hydrogens is 232 g/mol. The summed E-state index contributed by atoms with van der Waals surface area (Å²) in [6.45, 7) is 5.75. The van der Waals surface area contributed by atoms with Gasteiger partial charge in [0.15, 0.2) is 0 Å². The summed E-state index contributed by atoms with van der Waals surface area (Å²) in [7, 11) is 0. The first-order chi connectivity index (χ1) is 8.03. The minimum atomic E-state index is -0.206. The van der Waals surface area contributed by atoms with Gasteiger partial charge >= 0.3 is 0 Å². The highest BCUT2D eigenvalue weighted by atomic mass is 35.5. The average Bonchev–Trinajstić information content (AvgIpc) is 2.31. The van der Waals surface area contributed by atoms with Crippen LogP contribution in [0.25, 0.3) is 0 Å². The second kappa shape index (κ2) is 6.64. The number of nitrogens with one attached hydrogen (secondary N) is 1. The molecule has 1 N–H and O–H groups in total. The fourth-order valence-electron chi connectivity index (χ4n) is 1.55. The van der Waals surface area contributed by atoms with Crippen LogP contribution in [0.15, 0.2) is 24.3 Å². The molecule has 0 bridgehead atoms. The zero-order valence-corrected chi connectivity index (χ0v) is 11.2. The second-order valence-electron chi connectivity index (χ2n) is 4.90. The summed E-state index contributed by atoms with van der Waals surface area (Å²) in [6.07, 6.45) is 1.95. The number of rotatable bonds is 6. The predicted molar refractivity (Wildman–Crippen MR) is 71.8 cm³/mol. The minimum absolute atomic E-state index is 0.206. The maximum absolute atomic E-state index is 8.87. The van der Waals surface area contributed by atoms with Crippen LogP contribution < -0.4 is 5.32 Å². The molecule has 0 aliphatic rings. The lowest BCUT2D eigenvalue weighted by Gasteiger charge is -2.14. The van der Waals surface area contributed by atoms with Crippen molar-refractivity contribution in [1.82, 2.24) is 5.32 Å². The van der Waals surface area contributed by atoms with Gasteiger partial charge in [0, 0.05) is 11.6 Å². The molecule has 0 radical (unpaired) electrons. The van der Waals surface area contributed by atoms with Gasteiger partial charge in [-0.2, -0.15) is 5.26 Å². The summed E-state index contributed by atoms with van der Waals surface area (Å²) in [5.74, 6) is 0. The van der Waals surface area contributed by atoms with Gasteiger partial charge < -0.3 is 5.32 Å². The average molecular weight is 251 g/mol. The van der Waals surface area contributed by atoms with Crippen molar-refractivity contribution in [3.8, 4) is 6.07 Å². The molecule has 0 atom stereocenters. The number of halogens is 1. The molecule has 1 aromatic rings. The maximum Gasteiger partial charge on any atom is 0.0683 e. The fourth-order valence-corrected chi connectivity index (χ4v) is 1.67. The molecule has 0 heterocycles. The number of hydrogen-bond acceptors (Lipinski definition) is 2. The van der Waals surface area contributed by atoms with Crippen molar-refractivity contribution < 1.29 is 0 Å². The van der Waals surface area contributed by atoms with Crippen LogP contribution in [-0.2, 0) is 6.54 Å². The first kappa shape index (κ1) is 14.0. The smallest absolute Gasteiger partial charge is 0.0683 e. The van der Waals surface area contributed by atoms with E-state index in [1.165, 1.54) is 5.56 Å². The molecule has 17 heavy (non-hydrogen) atoms. The van der Waals surface area contributed by atoms with E-state index in [0.717, 1.165) is 31.0 Å². The van der Waals surface area contributed by atoms with E-state index in [2.05, 4.69) is 11.4 Å². The molecule has 0 unspecified atom stereocenters. The molecule has 1 rings (SSSR count). The SMILES string of the molecule is CC(C)(C#N)CCCNCc1ccc(Cl)cc1. The highest BCUT2D eigenvalue weighted by Gasteiger charge is 2.15. The molecule has 0 spiro atoms. The zero-order valence-electron chi connectivity index (χ0n) is 10.5. The van der Waals surface area contributed by atoms with Crippen LogP contribution in [0.4, 0.5) is 0 Å². The highest BCUT2D eigenvalue weighted by Crippen LogP contribution is 2.19. The van der Waals surface area contributed by atoms with E-state index in [9.17, 15) is 0 Å². The molecule has 0 amide bonds. The van der Waals surface area contributed by atoms with E-state index in [0.29, 0.717) is 0 Å². The van der Waals surface area contributed by atoms with E-state index in [1.54, 1.807) is 0 Å². The van der Waals surface area contributed by atoms with Crippen LogP contribution >= 0.6 is 11.6 Å². The lowest BCUT2D eigenvalue weighted by Crippen LogP contribution is -2.17. The third kappa shape index (κ3) is 5.72. The van der Waals surface area contributed by atoms with Crippen LogP contribution in [-0.4, -0.2) is 6.54 Å². The van der Waals surface area contributed by atoms with Gasteiger partial charge in [0.1, 0.15) is 0 Å². The van der Waals surface area contributed by atoms with Gasteiger partial charge in [0.25, 0.3) is 0 Å². The lowest BCUT2D eigenvalue weighted by molar-refractivity contribution is 0.426. The van der Waals surface area contributed by atoms with Gasteiger partial charge in [-0.3, -0.25) is 0 Å². The topological polar surface area (TPSA) is 35.8 Å².